The van der Waals surface area contributed by atoms with Gasteiger partial charge in [0.15, 0.2) is 0 Å². The van der Waals surface area contributed by atoms with Gasteiger partial charge in [-0.15, -0.1) is 0 Å². The van der Waals surface area contributed by atoms with Crippen molar-refractivity contribution in [3.05, 3.63) is 34.6 Å². The molecule has 0 heterocycles. The standard InChI is InChI=1S/C12H15ClFNO/c13-10-5-6-12(14)9(7-10)8-15-16-11-3-1-2-4-11/h5-7,11,15H,1-4,8H2. The van der Waals surface area contributed by atoms with Crippen molar-refractivity contribution in [1.29, 1.82) is 0 Å². The van der Waals surface area contributed by atoms with E-state index in [1.54, 1.807) is 6.07 Å². The smallest absolute Gasteiger partial charge is 0.127 e. The number of halogens is 2. The molecule has 1 aromatic carbocycles. The second kappa shape index (κ2) is 5.62. The van der Waals surface area contributed by atoms with Crippen molar-refractivity contribution in [2.75, 3.05) is 0 Å². The molecule has 0 saturated heterocycles. The van der Waals surface area contributed by atoms with Crippen molar-refractivity contribution >= 4 is 11.6 Å². The zero-order valence-corrected chi connectivity index (χ0v) is 9.77. The lowest BCUT2D eigenvalue weighted by Crippen LogP contribution is -2.21. The van der Waals surface area contributed by atoms with Gasteiger partial charge in [0.1, 0.15) is 5.82 Å². The van der Waals surface area contributed by atoms with Gasteiger partial charge in [0, 0.05) is 17.1 Å². The van der Waals surface area contributed by atoms with E-state index >= 15 is 0 Å². The normalized spacial score (nSPS) is 16.9. The molecule has 4 heteroatoms. The van der Waals surface area contributed by atoms with E-state index in [1.807, 2.05) is 0 Å². The molecule has 0 bridgehead atoms. The molecular formula is C12H15ClFNO. The summed E-state index contributed by atoms with van der Waals surface area (Å²) in [5, 5.41) is 0.541. The van der Waals surface area contributed by atoms with E-state index in [0.717, 1.165) is 12.8 Å². The third-order valence-corrected chi connectivity index (χ3v) is 3.06. The van der Waals surface area contributed by atoms with Crippen molar-refractivity contribution in [3.8, 4) is 0 Å². The van der Waals surface area contributed by atoms with Gasteiger partial charge < -0.3 is 0 Å². The third-order valence-electron chi connectivity index (χ3n) is 2.82. The van der Waals surface area contributed by atoms with Crippen molar-refractivity contribution in [3.63, 3.8) is 0 Å². The molecule has 0 unspecified atom stereocenters. The summed E-state index contributed by atoms with van der Waals surface area (Å²) in [5.41, 5.74) is 3.35. The largest absolute Gasteiger partial charge is 0.298 e. The Balaban J connectivity index is 1.82. The monoisotopic (exact) mass is 243 g/mol. The van der Waals surface area contributed by atoms with E-state index in [9.17, 15) is 4.39 Å². The quantitative estimate of drug-likeness (QED) is 0.818. The molecule has 2 rings (SSSR count). The van der Waals surface area contributed by atoms with Crippen LogP contribution in [0.3, 0.4) is 0 Å². The minimum Gasteiger partial charge on any atom is -0.298 e. The molecule has 0 amide bonds. The summed E-state index contributed by atoms with van der Waals surface area (Å²) >= 11 is 5.79. The van der Waals surface area contributed by atoms with Crippen LogP contribution in [-0.2, 0) is 11.4 Å². The maximum absolute atomic E-state index is 13.3. The molecule has 0 aromatic heterocycles. The Bertz CT molecular complexity index is 353. The summed E-state index contributed by atoms with van der Waals surface area (Å²) in [6.45, 7) is 0.350. The van der Waals surface area contributed by atoms with E-state index in [-0.39, 0.29) is 11.9 Å². The minimum atomic E-state index is -0.257. The number of hydroxylamine groups is 1. The Morgan fingerprint density at radius 1 is 1.38 bits per heavy atom. The summed E-state index contributed by atoms with van der Waals surface area (Å²) < 4.78 is 13.3. The molecule has 1 saturated carbocycles. The lowest BCUT2D eigenvalue weighted by Gasteiger charge is -2.12. The second-order valence-electron chi connectivity index (χ2n) is 4.08. The first kappa shape index (κ1) is 11.8. The van der Waals surface area contributed by atoms with Crippen LogP contribution in [0.15, 0.2) is 18.2 Å². The first-order valence-corrected chi connectivity index (χ1v) is 5.96. The van der Waals surface area contributed by atoms with Crippen LogP contribution in [0.1, 0.15) is 31.2 Å². The number of hydrogen-bond acceptors (Lipinski definition) is 2. The third kappa shape index (κ3) is 3.17. The van der Waals surface area contributed by atoms with Gasteiger partial charge >= 0.3 is 0 Å². The first-order chi connectivity index (χ1) is 7.75. The molecule has 0 atom stereocenters. The van der Waals surface area contributed by atoms with Gasteiger partial charge in [-0.25, -0.2) is 4.39 Å². The van der Waals surface area contributed by atoms with Gasteiger partial charge in [-0.3, -0.25) is 4.84 Å². The maximum atomic E-state index is 13.3. The fraction of sp³-hybridized carbons (Fsp3) is 0.500. The van der Waals surface area contributed by atoms with Crippen LogP contribution in [0.5, 0.6) is 0 Å². The van der Waals surface area contributed by atoms with E-state index in [4.69, 9.17) is 16.4 Å². The Morgan fingerprint density at radius 2 is 2.12 bits per heavy atom. The molecule has 16 heavy (non-hydrogen) atoms. The second-order valence-corrected chi connectivity index (χ2v) is 4.52. The van der Waals surface area contributed by atoms with E-state index < -0.39 is 0 Å². The van der Waals surface area contributed by atoms with Crippen LogP contribution in [0.25, 0.3) is 0 Å². The van der Waals surface area contributed by atoms with Gasteiger partial charge in [0.05, 0.1) is 6.10 Å². The Labute approximate surface area is 99.7 Å². The highest BCUT2D eigenvalue weighted by atomic mass is 35.5. The van der Waals surface area contributed by atoms with Crippen LogP contribution in [-0.4, -0.2) is 6.10 Å². The number of benzene rings is 1. The molecule has 1 aromatic rings. The predicted octanol–water partition coefficient (Wildman–Crippen LogP) is 3.44. The molecule has 88 valence electrons. The van der Waals surface area contributed by atoms with Crippen molar-refractivity contribution in [2.24, 2.45) is 0 Å². The lowest BCUT2D eigenvalue weighted by molar-refractivity contribution is -0.0247. The zero-order valence-electron chi connectivity index (χ0n) is 9.01. The van der Waals surface area contributed by atoms with Crippen LogP contribution < -0.4 is 5.48 Å². The van der Waals surface area contributed by atoms with Gasteiger partial charge in [0.2, 0.25) is 0 Å². The van der Waals surface area contributed by atoms with Crippen LogP contribution in [0.4, 0.5) is 4.39 Å². The number of rotatable bonds is 4. The summed E-state index contributed by atoms with van der Waals surface area (Å²) in [7, 11) is 0. The van der Waals surface area contributed by atoms with Crippen molar-refractivity contribution in [1.82, 2.24) is 5.48 Å². The molecule has 1 aliphatic carbocycles. The SMILES string of the molecule is Fc1ccc(Cl)cc1CNOC1CCCC1. The van der Waals surface area contributed by atoms with Crippen LogP contribution >= 0.6 is 11.6 Å². The number of nitrogens with one attached hydrogen (secondary N) is 1. The highest BCUT2D eigenvalue weighted by Gasteiger charge is 2.15. The van der Waals surface area contributed by atoms with Crippen LogP contribution in [0, 0.1) is 5.82 Å². The molecule has 1 N–H and O–H groups in total. The molecule has 0 radical (unpaired) electrons. The van der Waals surface area contributed by atoms with E-state index in [1.165, 1.54) is 25.0 Å². The molecule has 1 aliphatic rings. The lowest BCUT2D eigenvalue weighted by atomic mass is 10.2. The molecule has 0 aliphatic heterocycles. The summed E-state index contributed by atoms with van der Waals surface area (Å²) in [5.74, 6) is -0.257. The topological polar surface area (TPSA) is 21.3 Å². The molecule has 2 nitrogen and oxygen atoms in total. The maximum Gasteiger partial charge on any atom is 0.127 e. The molecular weight excluding hydrogens is 229 g/mol. The fourth-order valence-electron chi connectivity index (χ4n) is 1.92. The van der Waals surface area contributed by atoms with Crippen LogP contribution in [0.2, 0.25) is 5.02 Å². The highest BCUT2D eigenvalue weighted by Crippen LogP contribution is 2.20. The van der Waals surface area contributed by atoms with Gasteiger partial charge in [0.25, 0.3) is 0 Å². The number of hydrogen-bond donors (Lipinski definition) is 1. The van der Waals surface area contributed by atoms with Gasteiger partial charge in [-0.2, -0.15) is 5.48 Å². The highest BCUT2D eigenvalue weighted by molar-refractivity contribution is 6.30. The minimum absolute atomic E-state index is 0.257. The molecule has 0 spiro atoms. The molecule has 1 fully saturated rings. The van der Waals surface area contributed by atoms with Gasteiger partial charge in [-0.05, 0) is 31.0 Å². The first-order valence-electron chi connectivity index (χ1n) is 5.58. The van der Waals surface area contributed by atoms with Gasteiger partial charge in [-0.1, -0.05) is 24.4 Å². The Morgan fingerprint density at radius 3 is 2.88 bits per heavy atom. The Kier molecular flexibility index (Phi) is 4.16. The van der Waals surface area contributed by atoms with E-state index in [0.29, 0.717) is 17.1 Å². The predicted molar refractivity (Wildman–Crippen MR) is 61.6 cm³/mol. The van der Waals surface area contributed by atoms with Crippen molar-refractivity contribution < 1.29 is 9.23 Å². The van der Waals surface area contributed by atoms with Crippen molar-refractivity contribution in [2.45, 2.75) is 38.3 Å². The fourth-order valence-corrected chi connectivity index (χ4v) is 2.12. The average molecular weight is 244 g/mol. The zero-order chi connectivity index (χ0) is 11.4. The Hall–Kier alpha value is -0.640. The average Bonchev–Trinajstić information content (AvgIpc) is 2.76. The summed E-state index contributed by atoms with van der Waals surface area (Å²) in [6, 6.07) is 4.52. The summed E-state index contributed by atoms with van der Waals surface area (Å²) in [6.07, 6.45) is 4.90. The summed E-state index contributed by atoms with van der Waals surface area (Å²) in [4.78, 5) is 5.44. The van der Waals surface area contributed by atoms with E-state index in [2.05, 4.69) is 5.48 Å².